The van der Waals surface area contributed by atoms with E-state index in [2.05, 4.69) is 6.07 Å². The standard InChI is InChI=1S/C22H23N3O6S2/c1-12(26)32-21(4)18(28)25-17(14-6-7-15-16(8-14)31-11-30-15)20(3,10-23)9-22(25,33-13(2)27)19(29)24(21)5/h6-8,17H,9,11H2,1-5H3/t17?,20-,21+,22+/m1/s1. The van der Waals surface area contributed by atoms with E-state index in [1.807, 2.05) is 0 Å². The van der Waals surface area contributed by atoms with Crippen LogP contribution in [0.1, 0.15) is 45.7 Å². The molecule has 0 N–H and O–H groups in total. The predicted molar refractivity (Wildman–Crippen MR) is 121 cm³/mol. The minimum absolute atomic E-state index is 0.0460. The number of likely N-dealkylation sites (N-methyl/N-ethyl adjacent to an activating group) is 1. The van der Waals surface area contributed by atoms with Gasteiger partial charge in [-0.3, -0.25) is 19.2 Å². The van der Waals surface area contributed by atoms with Crippen LogP contribution < -0.4 is 9.47 Å². The zero-order valence-electron chi connectivity index (χ0n) is 18.8. The molecule has 1 aromatic carbocycles. The lowest BCUT2D eigenvalue weighted by molar-refractivity contribution is -0.163. The van der Waals surface area contributed by atoms with Crippen LogP contribution in [0.25, 0.3) is 0 Å². The molecule has 0 spiro atoms. The van der Waals surface area contributed by atoms with Crippen LogP contribution in [0.15, 0.2) is 18.2 Å². The molecule has 2 fully saturated rings. The van der Waals surface area contributed by atoms with Crippen LogP contribution in [-0.2, 0) is 19.2 Å². The monoisotopic (exact) mass is 489 g/mol. The highest BCUT2D eigenvalue weighted by Gasteiger charge is 2.71. The van der Waals surface area contributed by atoms with Crippen LogP contribution in [0, 0.1) is 16.7 Å². The summed E-state index contributed by atoms with van der Waals surface area (Å²) in [4.78, 5) is 51.8. The number of nitrogens with zero attached hydrogens (tertiary/aromatic N) is 3. The van der Waals surface area contributed by atoms with E-state index in [0.29, 0.717) is 17.1 Å². The number of carbonyl (C=O) groups is 4. The van der Waals surface area contributed by atoms with E-state index in [-0.39, 0.29) is 23.4 Å². The topological polar surface area (TPSA) is 117 Å². The maximum Gasteiger partial charge on any atom is 0.261 e. The smallest absolute Gasteiger partial charge is 0.261 e. The van der Waals surface area contributed by atoms with Crippen LogP contribution in [-0.4, -0.2) is 55.4 Å². The molecule has 0 saturated carbocycles. The number of nitriles is 1. The number of ether oxygens (including phenoxy) is 2. The van der Waals surface area contributed by atoms with Crippen molar-refractivity contribution >= 4 is 45.6 Å². The minimum Gasteiger partial charge on any atom is -0.454 e. The van der Waals surface area contributed by atoms with E-state index < -0.39 is 33.0 Å². The van der Waals surface area contributed by atoms with Crippen LogP contribution in [0.4, 0.5) is 0 Å². The van der Waals surface area contributed by atoms with Crippen molar-refractivity contribution in [3.05, 3.63) is 23.8 Å². The molecule has 2 saturated heterocycles. The number of carbonyl (C=O) groups excluding carboxylic acids is 4. The molecule has 3 aliphatic heterocycles. The fourth-order valence-corrected chi connectivity index (χ4v) is 7.24. The number of hydrogen-bond donors (Lipinski definition) is 0. The molecule has 0 radical (unpaired) electrons. The van der Waals surface area contributed by atoms with Crippen molar-refractivity contribution in [3.63, 3.8) is 0 Å². The van der Waals surface area contributed by atoms with E-state index in [9.17, 15) is 24.4 Å². The van der Waals surface area contributed by atoms with Gasteiger partial charge in [-0.25, -0.2) is 0 Å². The van der Waals surface area contributed by atoms with E-state index in [4.69, 9.17) is 9.47 Å². The second-order valence-corrected chi connectivity index (χ2v) is 11.7. The van der Waals surface area contributed by atoms with Crippen molar-refractivity contribution in [3.8, 4) is 17.6 Å². The highest BCUT2D eigenvalue weighted by molar-refractivity contribution is 8.16. The molecule has 2 amide bonds. The zero-order valence-corrected chi connectivity index (χ0v) is 20.5. The maximum atomic E-state index is 14.1. The van der Waals surface area contributed by atoms with Gasteiger partial charge in [0.25, 0.3) is 11.8 Å². The Labute approximate surface area is 199 Å². The zero-order chi connectivity index (χ0) is 24.3. The lowest BCUT2D eigenvalue weighted by atomic mass is 9.79. The first-order chi connectivity index (χ1) is 15.4. The summed E-state index contributed by atoms with van der Waals surface area (Å²) in [5, 5.41) is 9.55. The Morgan fingerprint density at radius 2 is 1.73 bits per heavy atom. The summed E-state index contributed by atoms with van der Waals surface area (Å²) in [6, 6.07) is 6.56. The molecule has 3 heterocycles. The normalized spacial score (nSPS) is 32.5. The second-order valence-electron chi connectivity index (χ2n) is 8.72. The summed E-state index contributed by atoms with van der Waals surface area (Å²) in [7, 11) is 1.45. The molecule has 1 unspecified atom stereocenters. The first-order valence-corrected chi connectivity index (χ1v) is 11.8. The molecule has 3 aliphatic rings. The van der Waals surface area contributed by atoms with Gasteiger partial charge in [0, 0.05) is 27.3 Å². The SMILES string of the molecule is CC(=O)S[C@@]1(C)C(=O)N2C(c3ccc4c(c3)OCO4)[C@@](C)(C#N)C[C@]2(SC(C)=O)C(=O)N1C. The minimum atomic E-state index is -1.61. The van der Waals surface area contributed by atoms with Gasteiger partial charge >= 0.3 is 0 Å². The largest absolute Gasteiger partial charge is 0.454 e. The fourth-order valence-electron chi connectivity index (χ4n) is 4.92. The van der Waals surface area contributed by atoms with Gasteiger partial charge in [-0.2, -0.15) is 5.26 Å². The van der Waals surface area contributed by atoms with E-state index in [1.165, 1.54) is 37.6 Å². The summed E-state index contributed by atoms with van der Waals surface area (Å²) in [6.45, 7) is 5.90. The Morgan fingerprint density at radius 1 is 1.09 bits per heavy atom. The van der Waals surface area contributed by atoms with Crippen molar-refractivity contribution in [2.45, 2.75) is 49.9 Å². The van der Waals surface area contributed by atoms with Crippen LogP contribution in [0.3, 0.4) is 0 Å². The lowest BCUT2D eigenvalue weighted by Crippen LogP contribution is -2.71. The van der Waals surface area contributed by atoms with Gasteiger partial charge in [0.15, 0.2) is 31.5 Å². The average molecular weight is 490 g/mol. The van der Waals surface area contributed by atoms with Crippen LogP contribution >= 0.6 is 23.5 Å². The van der Waals surface area contributed by atoms with Gasteiger partial charge in [-0.05, 0) is 43.3 Å². The van der Waals surface area contributed by atoms with Crippen molar-refractivity contribution in [2.24, 2.45) is 5.41 Å². The Bertz CT molecular complexity index is 1140. The molecule has 4 atom stereocenters. The summed E-state index contributed by atoms with van der Waals surface area (Å²) >= 11 is 1.49. The number of piperazine rings is 1. The molecule has 174 valence electrons. The Morgan fingerprint density at radius 3 is 2.33 bits per heavy atom. The molecule has 9 nitrogen and oxygen atoms in total. The number of rotatable bonds is 3. The number of fused-ring (bicyclic) bond motifs is 2. The molecule has 0 bridgehead atoms. The average Bonchev–Trinajstić information content (AvgIpc) is 3.30. The van der Waals surface area contributed by atoms with Gasteiger partial charge in [0.1, 0.15) is 0 Å². The molecule has 11 heteroatoms. The Kier molecular flexibility index (Phi) is 5.45. The van der Waals surface area contributed by atoms with Gasteiger partial charge in [-0.1, -0.05) is 17.8 Å². The third-order valence-corrected chi connectivity index (χ3v) is 8.65. The van der Waals surface area contributed by atoms with Gasteiger partial charge in [0.2, 0.25) is 6.79 Å². The first-order valence-electron chi connectivity index (χ1n) is 10.2. The van der Waals surface area contributed by atoms with Gasteiger partial charge < -0.3 is 19.3 Å². The molecular weight excluding hydrogens is 466 g/mol. The van der Waals surface area contributed by atoms with Gasteiger partial charge in [-0.15, -0.1) is 0 Å². The van der Waals surface area contributed by atoms with Crippen molar-refractivity contribution in [1.29, 1.82) is 5.26 Å². The maximum absolute atomic E-state index is 14.1. The summed E-state index contributed by atoms with van der Waals surface area (Å²) in [5.41, 5.74) is -0.621. The fraction of sp³-hybridized carbons (Fsp3) is 0.500. The van der Waals surface area contributed by atoms with Crippen molar-refractivity contribution in [1.82, 2.24) is 9.80 Å². The molecule has 0 aliphatic carbocycles. The molecule has 33 heavy (non-hydrogen) atoms. The highest BCUT2D eigenvalue weighted by atomic mass is 32.2. The molecule has 4 rings (SSSR count). The highest BCUT2D eigenvalue weighted by Crippen LogP contribution is 2.62. The molecule has 0 aromatic heterocycles. The molecular formula is C22H23N3O6S2. The van der Waals surface area contributed by atoms with E-state index in [0.717, 1.165) is 23.5 Å². The van der Waals surface area contributed by atoms with Crippen molar-refractivity contribution in [2.75, 3.05) is 13.8 Å². The Balaban J connectivity index is 1.96. The summed E-state index contributed by atoms with van der Waals surface area (Å²) in [6.07, 6.45) is -0.0460. The second kappa shape index (κ2) is 7.67. The number of hydrogen-bond acceptors (Lipinski definition) is 9. The van der Waals surface area contributed by atoms with Crippen molar-refractivity contribution < 1.29 is 28.7 Å². The van der Waals surface area contributed by atoms with E-state index in [1.54, 1.807) is 25.1 Å². The first kappa shape index (κ1) is 23.4. The number of amides is 2. The quantitative estimate of drug-likeness (QED) is 0.631. The van der Waals surface area contributed by atoms with Crippen LogP contribution in [0.5, 0.6) is 11.5 Å². The third kappa shape index (κ3) is 3.30. The third-order valence-electron chi connectivity index (χ3n) is 6.37. The predicted octanol–water partition coefficient (Wildman–Crippen LogP) is 2.66. The van der Waals surface area contributed by atoms with Crippen LogP contribution in [0.2, 0.25) is 0 Å². The lowest BCUT2D eigenvalue weighted by Gasteiger charge is -2.52. The van der Waals surface area contributed by atoms with Gasteiger partial charge in [0.05, 0.1) is 17.5 Å². The number of benzene rings is 1. The summed E-state index contributed by atoms with van der Waals surface area (Å²) in [5.74, 6) is -0.000664. The van der Waals surface area contributed by atoms with E-state index >= 15 is 0 Å². The Hall–Kier alpha value is -2.71. The molecule has 1 aromatic rings. The number of thioether (sulfide) groups is 2. The summed E-state index contributed by atoms with van der Waals surface area (Å²) < 4.78 is 10.9.